The number of β-amino-alcohol motifs (C(OH)–C–C–N with tert-alkyl or cyclic N) is 1. The molecule has 0 aliphatic carbocycles. The number of ether oxygens (including phenoxy) is 1. The van der Waals surface area contributed by atoms with Gasteiger partial charge in [-0.1, -0.05) is 0 Å². The van der Waals surface area contributed by atoms with Crippen LogP contribution < -0.4 is 0 Å². The molecule has 0 spiro atoms. The number of aliphatic hydroxyl groups is 1. The molecule has 1 aliphatic rings. The molecule has 0 aromatic carbocycles. The number of carbonyl (C=O) groups is 1. The third-order valence-electron chi connectivity index (χ3n) is 2.60. The predicted molar refractivity (Wildman–Crippen MR) is 52.9 cm³/mol. The molecule has 2 unspecified atom stereocenters. The lowest BCUT2D eigenvalue weighted by Gasteiger charge is -2.33. The van der Waals surface area contributed by atoms with Gasteiger partial charge in [-0.2, -0.15) is 0 Å². The van der Waals surface area contributed by atoms with Crippen LogP contribution in [0, 0.1) is 0 Å². The number of piperidine rings is 1. The lowest BCUT2D eigenvalue weighted by Crippen LogP contribution is -2.47. The Morgan fingerprint density at radius 1 is 1.71 bits per heavy atom. The molecule has 0 radical (unpaired) electrons. The number of hydrogen-bond acceptors (Lipinski definition) is 4. The molecule has 1 saturated heterocycles. The van der Waals surface area contributed by atoms with Crippen LogP contribution in [0.5, 0.6) is 0 Å². The first-order valence-electron chi connectivity index (χ1n) is 5.24. The summed E-state index contributed by atoms with van der Waals surface area (Å²) < 4.78 is 4.93. The topological polar surface area (TPSA) is 49.8 Å². The van der Waals surface area contributed by atoms with Crippen LogP contribution in [0.4, 0.5) is 0 Å². The van der Waals surface area contributed by atoms with E-state index in [4.69, 9.17) is 4.74 Å². The van der Waals surface area contributed by atoms with E-state index in [9.17, 15) is 9.90 Å². The lowest BCUT2D eigenvalue weighted by molar-refractivity contribution is -0.150. The number of hydrogen-bond donors (Lipinski definition) is 1. The maximum absolute atomic E-state index is 11.4. The summed E-state index contributed by atoms with van der Waals surface area (Å²) in [4.78, 5) is 13.4. The Hall–Kier alpha value is -0.610. The fourth-order valence-electron chi connectivity index (χ4n) is 1.75. The Labute approximate surface area is 84.8 Å². The van der Waals surface area contributed by atoms with Gasteiger partial charge in [0.1, 0.15) is 6.04 Å². The normalized spacial score (nSPS) is 25.8. The zero-order chi connectivity index (χ0) is 10.6. The molecular weight excluding hydrogens is 182 g/mol. The molecule has 82 valence electrons. The van der Waals surface area contributed by atoms with Crippen LogP contribution in [0.25, 0.3) is 0 Å². The van der Waals surface area contributed by atoms with E-state index in [1.54, 1.807) is 6.92 Å². The van der Waals surface area contributed by atoms with Gasteiger partial charge < -0.3 is 9.84 Å². The van der Waals surface area contributed by atoms with Crippen molar-refractivity contribution in [1.29, 1.82) is 0 Å². The molecule has 2 atom stereocenters. The molecule has 1 aliphatic heterocycles. The fraction of sp³-hybridized carbons (Fsp3) is 0.900. The highest BCUT2D eigenvalue weighted by atomic mass is 16.5. The third kappa shape index (κ3) is 2.96. The molecule has 4 nitrogen and oxygen atoms in total. The molecule has 0 bridgehead atoms. The lowest BCUT2D eigenvalue weighted by atomic mass is 10.1. The van der Waals surface area contributed by atoms with Gasteiger partial charge in [-0.05, 0) is 33.2 Å². The van der Waals surface area contributed by atoms with Crippen molar-refractivity contribution in [3.8, 4) is 0 Å². The van der Waals surface area contributed by atoms with Crippen LogP contribution in [0.2, 0.25) is 0 Å². The molecule has 0 aromatic rings. The first-order valence-corrected chi connectivity index (χ1v) is 5.24. The van der Waals surface area contributed by atoms with Gasteiger partial charge in [0.15, 0.2) is 0 Å². The molecule has 1 fully saturated rings. The Balaban J connectivity index is 2.42. The van der Waals surface area contributed by atoms with Gasteiger partial charge in [-0.3, -0.25) is 9.69 Å². The van der Waals surface area contributed by atoms with Crippen molar-refractivity contribution in [1.82, 2.24) is 4.90 Å². The SMILES string of the molecule is CCOC(=O)C(C)N1CCCC(O)C1. The maximum Gasteiger partial charge on any atom is 0.323 e. The summed E-state index contributed by atoms with van der Waals surface area (Å²) in [6.07, 6.45) is 1.50. The van der Waals surface area contributed by atoms with Crippen LogP contribution in [-0.2, 0) is 9.53 Å². The number of carbonyl (C=O) groups excluding carboxylic acids is 1. The van der Waals surface area contributed by atoms with Crippen molar-refractivity contribution in [2.45, 2.75) is 38.8 Å². The average molecular weight is 201 g/mol. The molecular formula is C10H19NO3. The number of likely N-dealkylation sites (tertiary alicyclic amines) is 1. The van der Waals surface area contributed by atoms with E-state index in [2.05, 4.69) is 0 Å². The van der Waals surface area contributed by atoms with Gasteiger partial charge in [0.05, 0.1) is 12.7 Å². The van der Waals surface area contributed by atoms with E-state index in [0.717, 1.165) is 19.4 Å². The van der Waals surface area contributed by atoms with E-state index >= 15 is 0 Å². The minimum Gasteiger partial charge on any atom is -0.465 e. The molecule has 1 rings (SSSR count). The Bertz CT molecular complexity index is 196. The Kier molecular flexibility index (Phi) is 4.35. The second-order valence-electron chi connectivity index (χ2n) is 3.72. The van der Waals surface area contributed by atoms with E-state index in [0.29, 0.717) is 13.2 Å². The predicted octanol–water partition coefficient (Wildman–Crippen LogP) is 0.395. The Morgan fingerprint density at radius 2 is 2.43 bits per heavy atom. The van der Waals surface area contributed by atoms with Crippen LogP contribution in [0.1, 0.15) is 26.7 Å². The van der Waals surface area contributed by atoms with Gasteiger partial charge >= 0.3 is 5.97 Å². The first kappa shape index (κ1) is 11.5. The van der Waals surface area contributed by atoms with Crippen molar-refractivity contribution < 1.29 is 14.6 Å². The van der Waals surface area contributed by atoms with Crippen LogP contribution in [0.15, 0.2) is 0 Å². The van der Waals surface area contributed by atoms with Gasteiger partial charge in [-0.25, -0.2) is 0 Å². The highest BCUT2D eigenvalue weighted by Gasteiger charge is 2.26. The fourth-order valence-corrected chi connectivity index (χ4v) is 1.75. The summed E-state index contributed by atoms with van der Waals surface area (Å²) in [5, 5.41) is 9.45. The summed E-state index contributed by atoms with van der Waals surface area (Å²) in [5.74, 6) is -0.193. The number of aliphatic hydroxyl groups excluding tert-OH is 1. The van der Waals surface area contributed by atoms with E-state index < -0.39 is 0 Å². The van der Waals surface area contributed by atoms with Crippen molar-refractivity contribution in [2.75, 3.05) is 19.7 Å². The molecule has 14 heavy (non-hydrogen) atoms. The summed E-state index contributed by atoms with van der Waals surface area (Å²) in [5.41, 5.74) is 0. The van der Waals surface area contributed by atoms with E-state index in [1.165, 1.54) is 0 Å². The molecule has 0 saturated carbocycles. The Morgan fingerprint density at radius 3 is 3.00 bits per heavy atom. The molecule has 4 heteroatoms. The number of nitrogens with zero attached hydrogens (tertiary/aromatic N) is 1. The summed E-state index contributed by atoms with van der Waals surface area (Å²) in [6, 6.07) is -0.232. The van der Waals surface area contributed by atoms with E-state index in [1.807, 2.05) is 11.8 Å². The van der Waals surface area contributed by atoms with Crippen LogP contribution in [-0.4, -0.2) is 47.8 Å². The van der Waals surface area contributed by atoms with Gasteiger partial charge in [0, 0.05) is 6.54 Å². The van der Waals surface area contributed by atoms with Gasteiger partial charge in [0.2, 0.25) is 0 Å². The minimum absolute atomic E-state index is 0.193. The zero-order valence-corrected chi connectivity index (χ0v) is 8.90. The molecule has 1 N–H and O–H groups in total. The highest BCUT2D eigenvalue weighted by Crippen LogP contribution is 2.13. The van der Waals surface area contributed by atoms with Crippen molar-refractivity contribution in [3.63, 3.8) is 0 Å². The summed E-state index contributed by atoms with van der Waals surface area (Å²) >= 11 is 0. The second-order valence-corrected chi connectivity index (χ2v) is 3.72. The quantitative estimate of drug-likeness (QED) is 0.671. The maximum atomic E-state index is 11.4. The number of esters is 1. The minimum atomic E-state index is -0.291. The average Bonchev–Trinajstić information content (AvgIpc) is 2.17. The standard InChI is InChI=1S/C10H19NO3/c1-3-14-10(13)8(2)11-6-4-5-9(12)7-11/h8-9,12H,3-7H2,1-2H3. The number of rotatable bonds is 3. The first-order chi connectivity index (χ1) is 6.65. The largest absolute Gasteiger partial charge is 0.465 e. The van der Waals surface area contributed by atoms with Crippen molar-refractivity contribution >= 4 is 5.97 Å². The molecule has 0 aromatic heterocycles. The van der Waals surface area contributed by atoms with Crippen LogP contribution >= 0.6 is 0 Å². The smallest absolute Gasteiger partial charge is 0.323 e. The van der Waals surface area contributed by atoms with E-state index in [-0.39, 0.29) is 18.1 Å². The summed E-state index contributed by atoms with van der Waals surface area (Å²) in [7, 11) is 0. The van der Waals surface area contributed by atoms with Crippen molar-refractivity contribution in [2.24, 2.45) is 0 Å². The van der Waals surface area contributed by atoms with Crippen molar-refractivity contribution in [3.05, 3.63) is 0 Å². The van der Waals surface area contributed by atoms with Gasteiger partial charge in [0.25, 0.3) is 0 Å². The molecule has 0 amide bonds. The highest BCUT2D eigenvalue weighted by molar-refractivity contribution is 5.75. The summed E-state index contributed by atoms with van der Waals surface area (Å²) in [6.45, 7) is 5.50. The second kappa shape index (κ2) is 5.32. The molecule has 1 heterocycles. The monoisotopic (exact) mass is 201 g/mol. The zero-order valence-electron chi connectivity index (χ0n) is 8.90. The van der Waals surface area contributed by atoms with Gasteiger partial charge in [-0.15, -0.1) is 0 Å². The third-order valence-corrected chi connectivity index (χ3v) is 2.60. The van der Waals surface area contributed by atoms with Crippen LogP contribution in [0.3, 0.4) is 0 Å².